The first-order chi connectivity index (χ1) is 13.9. The summed E-state index contributed by atoms with van der Waals surface area (Å²) in [7, 11) is -0.0538. The maximum Gasteiger partial charge on any atom is 0.243 e. The van der Waals surface area contributed by atoms with Crippen molar-refractivity contribution < 1.29 is 13.2 Å². The Morgan fingerprint density at radius 3 is 2.24 bits per heavy atom. The van der Waals surface area contributed by atoms with Crippen molar-refractivity contribution in [2.45, 2.75) is 43.2 Å². The number of nitrogens with zero attached hydrogens (tertiary/aromatic N) is 2. The van der Waals surface area contributed by atoms with Gasteiger partial charge in [0, 0.05) is 25.3 Å². The molecule has 1 fully saturated rings. The monoisotopic (exact) mass is 415 g/mol. The third kappa shape index (κ3) is 5.65. The Balaban J connectivity index is 1.59. The molecule has 1 aliphatic carbocycles. The number of nitrogens with one attached hydrogen (secondary N) is 1. The second-order valence-corrected chi connectivity index (χ2v) is 9.72. The first-order valence-corrected chi connectivity index (χ1v) is 11.4. The van der Waals surface area contributed by atoms with Crippen molar-refractivity contribution in [2.24, 2.45) is 0 Å². The van der Waals surface area contributed by atoms with Crippen LogP contribution in [0.4, 0.5) is 5.69 Å². The number of hydrogen-bond donors (Lipinski definition) is 1. The number of sulfonamides is 1. The molecule has 0 bridgehead atoms. The van der Waals surface area contributed by atoms with E-state index in [1.54, 1.807) is 19.2 Å². The number of rotatable bonds is 8. The van der Waals surface area contributed by atoms with Gasteiger partial charge in [0.1, 0.15) is 0 Å². The second kappa shape index (κ2) is 9.52. The summed E-state index contributed by atoms with van der Waals surface area (Å²) in [5.41, 5.74) is 1.52. The quantitative estimate of drug-likeness (QED) is 0.718. The number of carbonyl (C=O) groups excluding carboxylic acids is 1. The summed E-state index contributed by atoms with van der Waals surface area (Å²) >= 11 is 0. The number of benzene rings is 2. The molecule has 156 valence electrons. The summed E-state index contributed by atoms with van der Waals surface area (Å²) in [6, 6.07) is 16.3. The normalized spacial score (nSPS) is 15.2. The summed E-state index contributed by atoms with van der Waals surface area (Å²) in [4.78, 5) is 14.6. The molecule has 3 rings (SSSR count). The van der Waals surface area contributed by atoms with Crippen molar-refractivity contribution >= 4 is 21.6 Å². The van der Waals surface area contributed by atoms with Crippen molar-refractivity contribution in [1.29, 1.82) is 0 Å². The predicted octanol–water partition coefficient (Wildman–Crippen LogP) is 3.32. The van der Waals surface area contributed by atoms with Crippen LogP contribution < -0.4 is 5.32 Å². The lowest BCUT2D eigenvalue weighted by molar-refractivity contribution is -0.117. The molecule has 0 aliphatic heterocycles. The van der Waals surface area contributed by atoms with Gasteiger partial charge in [-0.25, -0.2) is 8.42 Å². The average Bonchev–Trinajstić information content (AvgIpc) is 3.24. The minimum Gasteiger partial charge on any atom is -0.325 e. The van der Waals surface area contributed by atoms with Gasteiger partial charge in [-0.2, -0.15) is 4.31 Å². The molecule has 0 spiro atoms. The number of likely N-dealkylation sites (N-methyl/N-ethyl adjacent to an activating group) is 1. The fourth-order valence-electron chi connectivity index (χ4n) is 3.72. The van der Waals surface area contributed by atoms with Crippen molar-refractivity contribution in [3.8, 4) is 0 Å². The second-order valence-electron chi connectivity index (χ2n) is 7.67. The third-order valence-electron chi connectivity index (χ3n) is 5.44. The molecule has 1 N–H and O–H groups in total. The van der Waals surface area contributed by atoms with Crippen molar-refractivity contribution in [3.05, 3.63) is 60.2 Å². The third-order valence-corrected chi connectivity index (χ3v) is 7.25. The van der Waals surface area contributed by atoms with Crippen LogP contribution in [-0.4, -0.2) is 50.2 Å². The van der Waals surface area contributed by atoms with E-state index in [2.05, 4.69) is 10.2 Å². The van der Waals surface area contributed by atoms with Gasteiger partial charge < -0.3 is 5.32 Å². The molecular weight excluding hydrogens is 386 g/mol. The SMILES string of the molecule is CN(CC(=O)Nc1ccc(S(=O)(=O)N(C)Cc2ccccc2)cc1)C1CCCC1. The van der Waals surface area contributed by atoms with Crippen LogP contribution in [0.25, 0.3) is 0 Å². The van der Waals surface area contributed by atoms with Gasteiger partial charge in [0.05, 0.1) is 11.4 Å². The van der Waals surface area contributed by atoms with E-state index in [0.717, 1.165) is 18.4 Å². The van der Waals surface area contributed by atoms with E-state index < -0.39 is 10.0 Å². The van der Waals surface area contributed by atoms with Crippen LogP contribution in [0.15, 0.2) is 59.5 Å². The van der Waals surface area contributed by atoms with Crippen LogP contribution in [0, 0.1) is 0 Å². The molecule has 0 atom stereocenters. The minimum absolute atomic E-state index is 0.0868. The summed E-state index contributed by atoms with van der Waals surface area (Å²) in [5.74, 6) is -0.0868. The highest BCUT2D eigenvalue weighted by Gasteiger charge is 2.22. The zero-order valence-electron chi connectivity index (χ0n) is 17.0. The van der Waals surface area contributed by atoms with Gasteiger partial charge >= 0.3 is 0 Å². The average molecular weight is 416 g/mol. The molecule has 29 heavy (non-hydrogen) atoms. The molecule has 2 aromatic rings. The molecule has 0 saturated heterocycles. The number of amides is 1. The maximum atomic E-state index is 12.8. The van der Waals surface area contributed by atoms with Gasteiger partial charge in [-0.15, -0.1) is 0 Å². The summed E-state index contributed by atoms with van der Waals surface area (Å²) in [5, 5.41) is 2.85. The fraction of sp³-hybridized carbons (Fsp3) is 0.409. The van der Waals surface area contributed by atoms with Crippen LogP contribution in [0.2, 0.25) is 0 Å². The molecule has 1 aliphatic rings. The standard InChI is InChI=1S/C22H29N3O3S/c1-24(20-10-6-7-11-20)17-22(26)23-19-12-14-21(15-13-19)29(27,28)25(2)16-18-8-4-3-5-9-18/h3-5,8-9,12-15,20H,6-7,10-11,16-17H2,1-2H3,(H,23,26). The zero-order valence-corrected chi connectivity index (χ0v) is 17.9. The largest absolute Gasteiger partial charge is 0.325 e. The van der Waals surface area contributed by atoms with Crippen LogP contribution >= 0.6 is 0 Å². The number of anilines is 1. The highest BCUT2D eigenvalue weighted by Crippen LogP contribution is 2.22. The smallest absolute Gasteiger partial charge is 0.243 e. The van der Waals surface area contributed by atoms with Gasteiger partial charge in [-0.1, -0.05) is 43.2 Å². The molecule has 1 saturated carbocycles. The lowest BCUT2D eigenvalue weighted by Gasteiger charge is -2.23. The van der Waals surface area contributed by atoms with E-state index in [1.807, 2.05) is 37.4 Å². The summed E-state index contributed by atoms with van der Waals surface area (Å²) in [6.07, 6.45) is 4.75. The molecule has 0 unspecified atom stereocenters. The van der Waals surface area contributed by atoms with E-state index in [-0.39, 0.29) is 10.8 Å². The van der Waals surface area contributed by atoms with Gasteiger partial charge in [0.2, 0.25) is 15.9 Å². The number of hydrogen-bond acceptors (Lipinski definition) is 4. The first-order valence-electron chi connectivity index (χ1n) is 9.96. The summed E-state index contributed by atoms with van der Waals surface area (Å²) < 4.78 is 26.9. The Bertz CT molecular complexity index is 908. The van der Waals surface area contributed by atoms with E-state index >= 15 is 0 Å². The Morgan fingerprint density at radius 2 is 1.62 bits per heavy atom. The maximum absolute atomic E-state index is 12.8. The van der Waals surface area contributed by atoms with E-state index in [9.17, 15) is 13.2 Å². The Hall–Kier alpha value is -2.22. The lowest BCUT2D eigenvalue weighted by atomic mass is 10.2. The Kier molecular flexibility index (Phi) is 7.05. The Morgan fingerprint density at radius 1 is 1.00 bits per heavy atom. The van der Waals surface area contributed by atoms with Crippen LogP contribution in [0.5, 0.6) is 0 Å². The molecule has 0 heterocycles. The summed E-state index contributed by atoms with van der Waals surface area (Å²) in [6.45, 7) is 0.639. The van der Waals surface area contributed by atoms with Gasteiger partial charge in [0.15, 0.2) is 0 Å². The highest BCUT2D eigenvalue weighted by molar-refractivity contribution is 7.89. The molecule has 6 nitrogen and oxygen atoms in total. The van der Waals surface area contributed by atoms with E-state index in [0.29, 0.717) is 24.8 Å². The molecule has 0 aromatic heterocycles. The zero-order chi connectivity index (χ0) is 20.9. The van der Waals surface area contributed by atoms with Gasteiger partial charge in [0.25, 0.3) is 0 Å². The van der Waals surface area contributed by atoms with Crippen LogP contribution in [-0.2, 0) is 21.4 Å². The van der Waals surface area contributed by atoms with Crippen molar-refractivity contribution in [3.63, 3.8) is 0 Å². The van der Waals surface area contributed by atoms with Crippen LogP contribution in [0.3, 0.4) is 0 Å². The minimum atomic E-state index is -3.60. The molecular formula is C22H29N3O3S. The fourth-order valence-corrected chi connectivity index (χ4v) is 4.88. The van der Waals surface area contributed by atoms with E-state index in [4.69, 9.17) is 0 Å². The van der Waals surface area contributed by atoms with Crippen LogP contribution in [0.1, 0.15) is 31.2 Å². The highest BCUT2D eigenvalue weighted by atomic mass is 32.2. The van der Waals surface area contributed by atoms with Crippen molar-refractivity contribution in [2.75, 3.05) is 26.0 Å². The molecule has 1 amide bonds. The Labute approximate surface area is 173 Å². The van der Waals surface area contributed by atoms with E-state index in [1.165, 1.54) is 29.3 Å². The number of carbonyl (C=O) groups is 1. The lowest BCUT2D eigenvalue weighted by Crippen LogP contribution is -2.36. The molecule has 7 heteroatoms. The first kappa shape index (κ1) is 21.5. The van der Waals surface area contributed by atoms with Gasteiger partial charge in [-0.3, -0.25) is 9.69 Å². The molecule has 2 aromatic carbocycles. The molecule has 0 radical (unpaired) electrons. The van der Waals surface area contributed by atoms with Gasteiger partial charge in [-0.05, 0) is 49.7 Å². The van der Waals surface area contributed by atoms with Crippen molar-refractivity contribution in [1.82, 2.24) is 9.21 Å². The topological polar surface area (TPSA) is 69.7 Å². The predicted molar refractivity (Wildman–Crippen MR) is 115 cm³/mol.